The van der Waals surface area contributed by atoms with E-state index in [0.717, 1.165) is 64.2 Å². The molecule has 0 aromatic rings. The molecule has 0 N–H and O–H groups in total. The number of hydrogen-bond acceptors (Lipinski definition) is 5. The molecule has 5 nitrogen and oxygen atoms in total. The van der Waals surface area contributed by atoms with Crippen molar-refractivity contribution in [3.8, 4) is 0 Å². The van der Waals surface area contributed by atoms with Gasteiger partial charge in [0.2, 0.25) is 0 Å². The van der Waals surface area contributed by atoms with Crippen LogP contribution in [0.15, 0.2) is 11.6 Å². The molecule has 5 fully saturated rings. The highest BCUT2D eigenvalue weighted by Crippen LogP contribution is 2.70. The fraction of sp³-hybridized carbons (Fsp3) is 0.821. The summed E-state index contributed by atoms with van der Waals surface area (Å²) < 4.78 is 12.2. The largest absolute Gasteiger partial charge is 0.462 e. The second-order valence-electron chi connectivity index (χ2n) is 12.5. The third-order valence-electron chi connectivity index (χ3n) is 11.2. The number of esters is 2. The standard InChI is InChI=1S/C28H38O5/c1-26-11-7-18(29)15-17(26)16-20(25(31)32-19-5-3-4-6-19)24-21(26)8-12-27(2)22(24)9-13-28(27)14-10-23(30)33-28/h15,19-22,24H,3-14,16H2,1-2H3/t20-,21+,22+,24-,26+,27+,28-/m1/s1. The van der Waals surface area contributed by atoms with Crippen LogP contribution in [0.1, 0.15) is 97.3 Å². The summed E-state index contributed by atoms with van der Waals surface area (Å²) in [6, 6.07) is 0. The Hall–Kier alpha value is -1.65. The topological polar surface area (TPSA) is 69.7 Å². The van der Waals surface area contributed by atoms with E-state index in [1.165, 1.54) is 5.57 Å². The SMILES string of the molecule is C[C@]12CCC(=O)C=C1C[C@@H](C(=O)OC1CCCC1)[C@@H]1[C@@H]2CC[C@@]2(C)[C@H]1CC[C@@]21CCC(=O)O1. The number of ketones is 1. The molecule has 7 atom stereocenters. The first kappa shape index (κ1) is 21.9. The fourth-order valence-electron chi connectivity index (χ4n) is 9.36. The van der Waals surface area contributed by atoms with E-state index < -0.39 is 0 Å². The molecule has 1 saturated heterocycles. The summed E-state index contributed by atoms with van der Waals surface area (Å²) >= 11 is 0. The van der Waals surface area contributed by atoms with Crippen molar-refractivity contribution in [2.24, 2.45) is 34.5 Å². The van der Waals surface area contributed by atoms with E-state index in [0.29, 0.717) is 31.1 Å². The van der Waals surface area contributed by atoms with E-state index in [4.69, 9.17) is 9.47 Å². The minimum atomic E-state index is -0.348. The number of ether oxygens (including phenoxy) is 2. The number of allylic oxidation sites excluding steroid dienone is 1. The van der Waals surface area contributed by atoms with Crippen LogP contribution in [0.3, 0.4) is 0 Å². The van der Waals surface area contributed by atoms with Gasteiger partial charge in [-0.15, -0.1) is 0 Å². The van der Waals surface area contributed by atoms with Crippen molar-refractivity contribution in [1.82, 2.24) is 0 Å². The molecule has 0 amide bonds. The molecule has 0 aromatic heterocycles. The quantitative estimate of drug-likeness (QED) is 0.529. The lowest BCUT2D eigenvalue weighted by molar-refractivity contribution is -0.180. The summed E-state index contributed by atoms with van der Waals surface area (Å²) in [5.74, 6) is 0.928. The molecular formula is C28H38O5. The minimum absolute atomic E-state index is 0.00779. The van der Waals surface area contributed by atoms with Crippen LogP contribution in [-0.2, 0) is 23.9 Å². The van der Waals surface area contributed by atoms with Gasteiger partial charge in [-0.05, 0) is 99.9 Å². The molecule has 1 heterocycles. The van der Waals surface area contributed by atoms with Crippen LogP contribution < -0.4 is 0 Å². The van der Waals surface area contributed by atoms with Crippen molar-refractivity contribution in [3.63, 3.8) is 0 Å². The maximum absolute atomic E-state index is 13.7. The smallest absolute Gasteiger partial charge is 0.309 e. The van der Waals surface area contributed by atoms with Gasteiger partial charge in [-0.25, -0.2) is 0 Å². The predicted molar refractivity (Wildman–Crippen MR) is 122 cm³/mol. The van der Waals surface area contributed by atoms with Gasteiger partial charge < -0.3 is 9.47 Å². The molecule has 33 heavy (non-hydrogen) atoms. The molecular weight excluding hydrogens is 416 g/mol. The molecule has 1 spiro atoms. The van der Waals surface area contributed by atoms with Crippen molar-refractivity contribution < 1.29 is 23.9 Å². The third-order valence-corrected chi connectivity index (χ3v) is 11.2. The Balaban J connectivity index is 1.38. The summed E-state index contributed by atoms with van der Waals surface area (Å²) in [5, 5.41) is 0. The van der Waals surface area contributed by atoms with Gasteiger partial charge in [0.1, 0.15) is 11.7 Å². The van der Waals surface area contributed by atoms with Gasteiger partial charge in [0.15, 0.2) is 5.78 Å². The number of fused-ring (bicyclic) bond motifs is 6. The fourth-order valence-corrected chi connectivity index (χ4v) is 9.36. The zero-order valence-electron chi connectivity index (χ0n) is 20.2. The lowest BCUT2D eigenvalue weighted by Crippen LogP contribution is -2.58. The van der Waals surface area contributed by atoms with E-state index in [9.17, 15) is 14.4 Å². The van der Waals surface area contributed by atoms with Crippen LogP contribution in [-0.4, -0.2) is 29.4 Å². The van der Waals surface area contributed by atoms with Crippen LogP contribution in [0, 0.1) is 34.5 Å². The summed E-state index contributed by atoms with van der Waals surface area (Å²) in [6.07, 6.45) is 13.7. The third kappa shape index (κ3) is 3.06. The zero-order valence-corrected chi connectivity index (χ0v) is 20.2. The highest BCUT2D eigenvalue weighted by Gasteiger charge is 2.69. The van der Waals surface area contributed by atoms with Crippen LogP contribution >= 0.6 is 0 Å². The van der Waals surface area contributed by atoms with Crippen LogP contribution in [0.5, 0.6) is 0 Å². The molecule has 1 aliphatic heterocycles. The van der Waals surface area contributed by atoms with Crippen LogP contribution in [0.2, 0.25) is 0 Å². The van der Waals surface area contributed by atoms with Gasteiger partial charge in [-0.2, -0.15) is 0 Å². The van der Waals surface area contributed by atoms with Crippen molar-refractivity contribution in [3.05, 3.63) is 11.6 Å². The van der Waals surface area contributed by atoms with Crippen molar-refractivity contribution in [2.75, 3.05) is 0 Å². The first-order chi connectivity index (χ1) is 15.8. The molecule has 0 aromatic carbocycles. The second-order valence-corrected chi connectivity index (χ2v) is 12.5. The average Bonchev–Trinajstić information content (AvgIpc) is 3.49. The second kappa shape index (κ2) is 7.42. The normalized spacial score (nSPS) is 47.0. The first-order valence-electron chi connectivity index (χ1n) is 13.4. The Kier molecular flexibility index (Phi) is 4.92. The lowest BCUT2D eigenvalue weighted by Gasteiger charge is -2.60. The van der Waals surface area contributed by atoms with Gasteiger partial charge in [0, 0.05) is 18.3 Å². The highest BCUT2D eigenvalue weighted by atomic mass is 16.6. The highest BCUT2D eigenvalue weighted by molar-refractivity contribution is 5.92. The maximum atomic E-state index is 13.7. The van der Waals surface area contributed by atoms with Gasteiger partial charge in [-0.1, -0.05) is 19.4 Å². The molecule has 0 unspecified atom stereocenters. The van der Waals surface area contributed by atoms with E-state index >= 15 is 0 Å². The Morgan fingerprint density at radius 1 is 0.970 bits per heavy atom. The number of rotatable bonds is 2. The molecule has 180 valence electrons. The molecule has 0 radical (unpaired) electrons. The summed E-state index contributed by atoms with van der Waals surface area (Å²) in [5.41, 5.74) is 0.761. The van der Waals surface area contributed by atoms with Gasteiger partial charge in [0.05, 0.1) is 5.92 Å². The van der Waals surface area contributed by atoms with Gasteiger partial charge in [0.25, 0.3) is 0 Å². The molecule has 4 saturated carbocycles. The van der Waals surface area contributed by atoms with E-state index in [1.807, 2.05) is 6.08 Å². The van der Waals surface area contributed by atoms with E-state index in [-0.39, 0.29) is 52.1 Å². The van der Waals surface area contributed by atoms with Crippen molar-refractivity contribution in [1.29, 1.82) is 0 Å². The number of carbonyl (C=O) groups is 3. The minimum Gasteiger partial charge on any atom is -0.462 e. The Labute approximate surface area is 197 Å². The van der Waals surface area contributed by atoms with E-state index in [2.05, 4.69) is 13.8 Å². The predicted octanol–water partition coefficient (Wildman–Crippen LogP) is 5.31. The monoisotopic (exact) mass is 454 g/mol. The Morgan fingerprint density at radius 3 is 2.45 bits per heavy atom. The maximum Gasteiger partial charge on any atom is 0.309 e. The summed E-state index contributed by atoms with van der Waals surface area (Å²) in [4.78, 5) is 38.3. The molecule has 5 heteroatoms. The van der Waals surface area contributed by atoms with Crippen LogP contribution in [0.4, 0.5) is 0 Å². The summed E-state index contributed by atoms with van der Waals surface area (Å²) in [7, 11) is 0. The molecule has 5 aliphatic carbocycles. The molecule has 0 bridgehead atoms. The first-order valence-corrected chi connectivity index (χ1v) is 13.4. The van der Waals surface area contributed by atoms with Crippen LogP contribution in [0.25, 0.3) is 0 Å². The van der Waals surface area contributed by atoms with Gasteiger partial charge >= 0.3 is 11.9 Å². The van der Waals surface area contributed by atoms with E-state index in [1.54, 1.807) is 0 Å². The van der Waals surface area contributed by atoms with Crippen molar-refractivity contribution >= 4 is 17.7 Å². The zero-order chi connectivity index (χ0) is 23.0. The van der Waals surface area contributed by atoms with Crippen molar-refractivity contribution in [2.45, 2.75) is 109 Å². The number of carbonyl (C=O) groups excluding carboxylic acids is 3. The average molecular weight is 455 g/mol. The van der Waals surface area contributed by atoms with Gasteiger partial charge in [-0.3, -0.25) is 14.4 Å². The molecule has 6 rings (SSSR count). The Morgan fingerprint density at radius 2 is 1.73 bits per heavy atom. The molecule has 6 aliphatic rings. The lowest BCUT2D eigenvalue weighted by atomic mass is 9.44. The number of hydrogen-bond donors (Lipinski definition) is 0. The Bertz CT molecular complexity index is 915. The summed E-state index contributed by atoms with van der Waals surface area (Å²) in [6.45, 7) is 4.70.